The lowest BCUT2D eigenvalue weighted by Crippen LogP contribution is -2.52. The number of aryl methyl sites for hydroxylation is 1. The molecule has 1 aromatic heterocycles. The van der Waals surface area contributed by atoms with E-state index in [1.54, 1.807) is 13.1 Å². The summed E-state index contributed by atoms with van der Waals surface area (Å²) < 4.78 is 2.37. The van der Waals surface area contributed by atoms with E-state index >= 15 is 0 Å². The summed E-state index contributed by atoms with van der Waals surface area (Å²) >= 11 is 4.98. The molecule has 0 spiro atoms. The van der Waals surface area contributed by atoms with Gasteiger partial charge in [0, 0.05) is 24.5 Å². The number of thiocarbonyl (C=S) groups is 1. The fourth-order valence-electron chi connectivity index (χ4n) is 3.75. The molecule has 0 aromatic carbocycles. The van der Waals surface area contributed by atoms with Gasteiger partial charge in [-0.25, -0.2) is 0 Å². The zero-order valence-corrected chi connectivity index (χ0v) is 15.2. The second kappa shape index (κ2) is 6.51. The molecule has 128 valence electrons. The van der Waals surface area contributed by atoms with Gasteiger partial charge in [-0.1, -0.05) is 19.3 Å². The van der Waals surface area contributed by atoms with E-state index in [4.69, 9.17) is 12.2 Å². The summed E-state index contributed by atoms with van der Waals surface area (Å²) in [5.74, 6) is -0.781. The van der Waals surface area contributed by atoms with Crippen molar-refractivity contribution in [3.63, 3.8) is 0 Å². The van der Waals surface area contributed by atoms with Crippen LogP contribution < -0.4 is 5.32 Å². The van der Waals surface area contributed by atoms with Crippen molar-refractivity contribution in [1.29, 1.82) is 0 Å². The molecular weight excluding hydrogens is 322 g/mol. The van der Waals surface area contributed by atoms with Crippen LogP contribution in [0.4, 0.5) is 0 Å². The fraction of sp³-hybridized carbons (Fsp3) is 0.500. The smallest absolute Gasteiger partial charge is 0.265 e. The SMILES string of the molecule is Cc1cc(C=C2C(=O)NC(=S)N(C)C2=O)c(C)n1C1CCCCC1. The Balaban J connectivity index is 1.97. The molecule has 0 radical (unpaired) electrons. The molecule has 0 bridgehead atoms. The zero-order valence-electron chi connectivity index (χ0n) is 14.4. The lowest BCUT2D eigenvalue weighted by atomic mass is 9.95. The molecule has 24 heavy (non-hydrogen) atoms. The third kappa shape index (κ3) is 2.90. The van der Waals surface area contributed by atoms with E-state index in [0.29, 0.717) is 6.04 Å². The predicted molar refractivity (Wildman–Crippen MR) is 97.5 cm³/mol. The molecule has 1 N–H and O–H groups in total. The number of likely N-dealkylation sites (N-methyl/N-ethyl adjacent to an activating group) is 1. The van der Waals surface area contributed by atoms with Gasteiger partial charge >= 0.3 is 0 Å². The van der Waals surface area contributed by atoms with E-state index < -0.39 is 5.91 Å². The van der Waals surface area contributed by atoms with E-state index in [-0.39, 0.29) is 16.6 Å². The van der Waals surface area contributed by atoms with Gasteiger partial charge in [0.15, 0.2) is 5.11 Å². The number of carbonyl (C=O) groups excluding carboxylic acids is 2. The quantitative estimate of drug-likeness (QED) is 0.509. The summed E-state index contributed by atoms with van der Waals surface area (Å²) in [6, 6.07) is 2.58. The van der Waals surface area contributed by atoms with E-state index in [1.165, 1.54) is 42.7 Å². The van der Waals surface area contributed by atoms with Crippen molar-refractivity contribution in [3.05, 3.63) is 28.6 Å². The molecule has 2 aliphatic rings. The summed E-state index contributed by atoms with van der Waals surface area (Å²) in [4.78, 5) is 25.8. The molecule has 1 aliphatic heterocycles. The minimum atomic E-state index is -0.425. The van der Waals surface area contributed by atoms with Crippen LogP contribution in [0.1, 0.15) is 55.1 Å². The first-order valence-electron chi connectivity index (χ1n) is 8.43. The van der Waals surface area contributed by atoms with Gasteiger partial charge in [0.2, 0.25) is 0 Å². The molecule has 0 atom stereocenters. The van der Waals surface area contributed by atoms with Gasteiger partial charge < -0.3 is 4.57 Å². The first-order chi connectivity index (χ1) is 11.4. The number of hydrogen-bond donors (Lipinski definition) is 1. The van der Waals surface area contributed by atoms with Gasteiger partial charge in [0.25, 0.3) is 11.8 Å². The molecule has 6 heteroatoms. The van der Waals surface area contributed by atoms with Crippen molar-refractivity contribution in [1.82, 2.24) is 14.8 Å². The average molecular weight is 345 g/mol. The fourth-order valence-corrected chi connectivity index (χ4v) is 3.93. The van der Waals surface area contributed by atoms with Crippen molar-refractivity contribution in [2.24, 2.45) is 0 Å². The minimum Gasteiger partial charge on any atom is -0.346 e. The Hall–Kier alpha value is -1.95. The highest BCUT2D eigenvalue weighted by Gasteiger charge is 2.31. The summed E-state index contributed by atoms with van der Waals surface area (Å²) in [5, 5.41) is 2.70. The van der Waals surface area contributed by atoms with E-state index in [2.05, 4.69) is 29.8 Å². The first-order valence-corrected chi connectivity index (χ1v) is 8.84. The number of amides is 2. The van der Waals surface area contributed by atoms with Crippen LogP contribution in [0.5, 0.6) is 0 Å². The van der Waals surface area contributed by atoms with Gasteiger partial charge in [0.05, 0.1) is 0 Å². The molecule has 1 aliphatic carbocycles. The zero-order chi connectivity index (χ0) is 17.4. The monoisotopic (exact) mass is 345 g/mol. The van der Waals surface area contributed by atoms with Crippen LogP contribution in [-0.4, -0.2) is 33.4 Å². The molecule has 1 saturated heterocycles. The lowest BCUT2D eigenvalue weighted by Gasteiger charge is -2.26. The van der Waals surface area contributed by atoms with Crippen LogP contribution in [-0.2, 0) is 9.59 Å². The number of carbonyl (C=O) groups is 2. The number of nitrogens with zero attached hydrogens (tertiary/aromatic N) is 2. The molecule has 2 amide bonds. The van der Waals surface area contributed by atoms with Crippen molar-refractivity contribution >= 4 is 35.2 Å². The normalized spacial score (nSPS) is 21.5. The van der Waals surface area contributed by atoms with Crippen LogP contribution in [0, 0.1) is 13.8 Å². The molecule has 1 aromatic rings. The topological polar surface area (TPSA) is 54.3 Å². The Morgan fingerprint density at radius 3 is 2.54 bits per heavy atom. The van der Waals surface area contributed by atoms with E-state index in [9.17, 15) is 9.59 Å². The third-order valence-electron chi connectivity index (χ3n) is 5.07. The molecule has 3 rings (SSSR count). The van der Waals surface area contributed by atoms with Crippen LogP contribution in [0.25, 0.3) is 6.08 Å². The largest absolute Gasteiger partial charge is 0.346 e. The first kappa shape index (κ1) is 16.9. The van der Waals surface area contributed by atoms with Crippen molar-refractivity contribution in [2.75, 3.05) is 7.05 Å². The molecule has 1 saturated carbocycles. The number of aromatic nitrogens is 1. The van der Waals surface area contributed by atoms with E-state index in [0.717, 1.165) is 11.3 Å². The maximum absolute atomic E-state index is 12.4. The second-order valence-corrected chi connectivity index (χ2v) is 7.06. The van der Waals surface area contributed by atoms with Crippen LogP contribution in [0.2, 0.25) is 0 Å². The molecule has 2 heterocycles. The van der Waals surface area contributed by atoms with Gasteiger partial charge in [-0.15, -0.1) is 0 Å². The van der Waals surface area contributed by atoms with Gasteiger partial charge in [-0.05, 0) is 56.6 Å². The molecular formula is C18H23N3O2S. The maximum Gasteiger partial charge on any atom is 0.265 e. The second-order valence-electron chi connectivity index (χ2n) is 6.67. The Morgan fingerprint density at radius 2 is 1.88 bits per heavy atom. The number of hydrogen-bond acceptors (Lipinski definition) is 3. The maximum atomic E-state index is 12.4. The average Bonchev–Trinajstić information content (AvgIpc) is 2.84. The van der Waals surface area contributed by atoms with Crippen LogP contribution in [0.15, 0.2) is 11.6 Å². The van der Waals surface area contributed by atoms with Gasteiger partial charge in [-0.2, -0.15) is 0 Å². The Bertz CT molecular complexity index is 742. The van der Waals surface area contributed by atoms with Crippen molar-refractivity contribution in [2.45, 2.75) is 52.0 Å². The Morgan fingerprint density at radius 1 is 1.21 bits per heavy atom. The third-order valence-corrected chi connectivity index (χ3v) is 5.44. The summed E-state index contributed by atoms with van der Waals surface area (Å²) in [5.41, 5.74) is 3.36. The lowest BCUT2D eigenvalue weighted by molar-refractivity contribution is -0.128. The number of nitrogens with one attached hydrogen (secondary N) is 1. The highest BCUT2D eigenvalue weighted by atomic mass is 32.1. The summed E-state index contributed by atoms with van der Waals surface area (Å²) in [6.07, 6.45) is 7.93. The molecule has 2 fully saturated rings. The standard InChI is InChI=1S/C18H23N3O2S/c1-11-9-13(12(2)21(11)14-7-5-4-6-8-14)10-15-16(22)19-18(24)20(3)17(15)23/h9-10,14H,4-8H2,1-3H3,(H,19,22,24). The predicted octanol–water partition coefficient (Wildman–Crippen LogP) is 2.87. The van der Waals surface area contributed by atoms with Crippen LogP contribution >= 0.6 is 12.2 Å². The minimum absolute atomic E-state index is 0.134. The van der Waals surface area contributed by atoms with Crippen molar-refractivity contribution in [3.8, 4) is 0 Å². The Kier molecular flexibility index (Phi) is 4.58. The molecule has 5 nitrogen and oxygen atoms in total. The van der Waals surface area contributed by atoms with Gasteiger partial charge in [-0.3, -0.25) is 19.8 Å². The van der Waals surface area contributed by atoms with Crippen molar-refractivity contribution < 1.29 is 9.59 Å². The Labute approximate surface area is 147 Å². The van der Waals surface area contributed by atoms with Gasteiger partial charge in [0.1, 0.15) is 5.57 Å². The highest BCUT2D eigenvalue weighted by Crippen LogP contribution is 2.32. The van der Waals surface area contributed by atoms with E-state index in [1.807, 2.05) is 0 Å². The summed E-state index contributed by atoms with van der Waals surface area (Å²) in [6.45, 7) is 4.15. The molecule has 0 unspecified atom stereocenters. The van der Waals surface area contributed by atoms with Crippen LogP contribution in [0.3, 0.4) is 0 Å². The number of rotatable bonds is 2. The summed E-state index contributed by atoms with van der Waals surface area (Å²) in [7, 11) is 1.57. The highest BCUT2D eigenvalue weighted by molar-refractivity contribution is 7.80.